The second-order valence-electron chi connectivity index (χ2n) is 8.75. The lowest BCUT2D eigenvalue weighted by molar-refractivity contribution is 0.102. The number of benzene rings is 1. The molecule has 0 fully saturated rings. The van der Waals surface area contributed by atoms with E-state index in [4.69, 9.17) is 4.98 Å². The van der Waals surface area contributed by atoms with Crippen LogP contribution in [0.3, 0.4) is 0 Å². The summed E-state index contributed by atoms with van der Waals surface area (Å²) in [5, 5.41) is 4.04. The molecule has 0 atom stereocenters. The Bertz CT molecular complexity index is 1740. The summed E-state index contributed by atoms with van der Waals surface area (Å²) in [6.07, 6.45) is 4.13. The van der Waals surface area contributed by atoms with E-state index in [1.165, 1.54) is 35.2 Å². The Morgan fingerprint density at radius 2 is 1.83 bits per heavy atom. The number of carbonyl (C=O) groups excluding carboxylic acids is 1. The molecule has 0 saturated carbocycles. The first kappa shape index (κ1) is 21.5. The maximum absolute atomic E-state index is 13.3. The first-order valence-electron chi connectivity index (χ1n) is 11.4. The van der Waals surface area contributed by atoms with Crippen LogP contribution in [-0.2, 0) is 26.9 Å². The lowest BCUT2D eigenvalue weighted by Gasteiger charge is -2.12. The Kier molecular flexibility index (Phi) is 4.92. The molecule has 0 radical (unpaired) electrons. The van der Waals surface area contributed by atoms with Crippen molar-refractivity contribution in [2.24, 2.45) is 14.1 Å². The van der Waals surface area contributed by atoms with E-state index < -0.39 is 17.2 Å². The number of rotatable bonds is 3. The van der Waals surface area contributed by atoms with Crippen molar-refractivity contribution < 1.29 is 4.79 Å². The van der Waals surface area contributed by atoms with Crippen LogP contribution in [0.2, 0.25) is 0 Å². The van der Waals surface area contributed by atoms with Gasteiger partial charge in [-0.2, -0.15) is 0 Å². The number of fused-ring (bicyclic) bond motifs is 3. The number of aryl methyl sites for hydroxylation is 2. The molecule has 2 N–H and O–H groups in total. The molecule has 0 saturated heterocycles. The Morgan fingerprint density at radius 3 is 2.66 bits per heavy atom. The van der Waals surface area contributed by atoms with Crippen LogP contribution in [0, 0.1) is 0 Å². The monoisotopic (exact) mass is 486 g/mol. The second kappa shape index (κ2) is 8.02. The number of hydrogen-bond acceptors (Lipinski definition) is 6. The third kappa shape index (κ3) is 3.40. The number of nitrogens with zero attached hydrogens (tertiary/aromatic N) is 4. The van der Waals surface area contributed by atoms with E-state index in [1.54, 1.807) is 17.4 Å². The molecule has 10 heteroatoms. The normalized spacial score (nSPS) is 13.3. The van der Waals surface area contributed by atoms with Gasteiger partial charge in [0.25, 0.3) is 11.5 Å². The van der Waals surface area contributed by atoms with Crippen LogP contribution in [-0.4, -0.2) is 30.0 Å². The number of amides is 1. The number of anilines is 1. The van der Waals surface area contributed by atoms with Gasteiger partial charge in [0.15, 0.2) is 0 Å². The van der Waals surface area contributed by atoms with Crippen LogP contribution in [0.5, 0.6) is 0 Å². The highest BCUT2D eigenvalue weighted by atomic mass is 32.1. The van der Waals surface area contributed by atoms with Crippen molar-refractivity contribution in [3.05, 3.63) is 73.4 Å². The van der Waals surface area contributed by atoms with Gasteiger partial charge in [-0.1, -0.05) is 12.1 Å². The molecule has 6 rings (SSSR count). The van der Waals surface area contributed by atoms with Crippen LogP contribution < -0.4 is 16.6 Å². The number of aromatic nitrogens is 5. The fraction of sp³-hybridized carbons (Fsp3) is 0.240. The van der Waals surface area contributed by atoms with Gasteiger partial charge in [-0.25, -0.2) is 14.8 Å². The number of H-pyrrole nitrogens is 1. The number of hydrogen-bond donors (Lipinski definition) is 2. The van der Waals surface area contributed by atoms with E-state index in [0.717, 1.165) is 57.7 Å². The van der Waals surface area contributed by atoms with Gasteiger partial charge in [-0.05, 0) is 55.5 Å². The lowest BCUT2D eigenvalue weighted by atomic mass is 9.95. The number of para-hydroxylation sites is 2. The maximum Gasteiger partial charge on any atom is 0.332 e. The molecule has 0 spiro atoms. The molecular weight excluding hydrogens is 464 g/mol. The number of thiophene rings is 1. The molecule has 1 amide bonds. The van der Waals surface area contributed by atoms with Crippen molar-refractivity contribution in [2.45, 2.75) is 25.7 Å². The van der Waals surface area contributed by atoms with E-state index in [1.807, 2.05) is 24.3 Å². The Labute approximate surface area is 203 Å². The number of carbonyl (C=O) groups is 1. The van der Waals surface area contributed by atoms with Gasteiger partial charge in [-0.3, -0.25) is 18.7 Å². The van der Waals surface area contributed by atoms with E-state index >= 15 is 0 Å². The SMILES string of the molecule is Cn1c(=O)c2ccc(C(=O)Nc3sc4c(c3-c3nc5ccccc5[nH]3)CCCC4)nc2n(C)c1=O. The molecule has 176 valence electrons. The highest BCUT2D eigenvalue weighted by molar-refractivity contribution is 7.17. The molecule has 0 unspecified atom stereocenters. The minimum absolute atomic E-state index is 0.127. The van der Waals surface area contributed by atoms with Gasteiger partial charge < -0.3 is 10.3 Å². The molecule has 1 aliphatic rings. The summed E-state index contributed by atoms with van der Waals surface area (Å²) < 4.78 is 2.30. The molecule has 9 nitrogen and oxygen atoms in total. The van der Waals surface area contributed by atoms with Gasteiger partial charge in [0.05, 0.1) is 22.0 Å². The third-order valence-electron chi connectivity index (χ3n) is 6.56. The third-order valence-corrected chi connectivity index (χ3v) is 7.77. The number of pyridine rings is 1. The van der Waals surface area contributed by atoms with Crippen molar-refractivity contribution in [1.29, 1.82) is 0 Å². The quantitative estimate of drug-likeness (QED) is 0.406. The van der Waals surface area contributed by atoms with Crippen molar-refractivity contribution in [3.8, 4) is 11.4 Å². The van der Waals surface area contributed by atoms with Crippen LogP contribution >= 0.6 is 11.3 Å². The number of imidazole rings is 1. The van der Waals surface area contributed by atoms with Crippen molar-refractivity contribution in [3.63, 3.8) is 0 Å². The highest BCUT2D eigenvalue weighted by Gasteiger charge is 2.26. The molecule has 4 aromatic heterocycles. The second-order valence-corrected chi connectivity index (χ2v) is 9.85. The van der Waals surface area contributed by atoms with E-state index in [2.05, 4.69) is 15.3 Å². The summed E-state index contributed by atoms with van der Waals surface area (Å²) in [4.78, 5) is 51.9. The van der Waals surface area contributed by atoms with Crippen LogP contribution in [0.1, 0.15) is 33.8 Å². The summed E-state index contributed by atoms with van der Waals surface area (Å²) in [6, 6.07) is 10.9. The summed E-state index contributed by atoms with van der Waals surface area (Å²) in [5.74, 6) is 0.328. The molecule has 35 heavy (non-hydrogen) atoms. The first-order valence-corrected chi connectivity index (χ1v) is 12.2. The Hall–Kier alpha value is -4.05. The average molecular weight is 487 g/mol. The predicted molar refractivity (Wildman–Crippen MR) is 136 cm³/mol. The van der Waals surface area contributed by atoms with Gasteiger partial charge >= 0.3 is 5.69 Å². The standard InChI is InChI=1S/C25H22N6O3S/c1-30-21-14(24(33)31(2)25(30)34)11-12-17(28-21)22(32)29-23-19(13-7-3-6-10-18(13)35-23)20-26-15-8-4-5-9-16(15)27-20/h4-5,8-9,11-12H,3,6-7,10H2,1-2H3,(H,26,27)(H,29,32). The fourth-order valence-corrected chi connectivity index (χ4v) is 6.01. The van der Waals surface area contributed by atoms with E-state index in [-0.39, 0.29) is 16.7 Å². The Balaban J connectivity index is 1.44. The summed E-state index contributed by atoms with van der Waals surface area (Å²) in [6.45, 7) is 0. The topological polar surface area (TPSA) is 115 Å². The van der Waals surface area contributed by atoms with Crippen molar-refractivity contribution in [2.75, 3.05) is 5.32 Å². The average Bonchev–Trinajstić information content (AvgIpc) is 3.46. The molecule has 1 aliphatic carbocycles. The maximum atomic E-state index is 13.3. The first-order chi connectivity index (χ1) is 16.9. The minimum Gasteiger partial charge on any atom is -0.338 e. The van der Waals surface area contributed by atoms with Crippen molar-refractivity contribution in [1.82, 2.24) is 24.1 Å². The van der Waals surface area contributed by atoms with Crippen LogP contribution in [0.15, 0.2) is 46.0 Å². The zero-order chi connectivity index (χ0) is 24.3. The largest absolute Gasteiger partial charge is 0.338 e. The highest BCUT2D eigenvalue weighted by Crippen LogP contribution is 2.43. The van der Waals surface area contributed by atoms with E-state index in [0.29, 0.717) is 0 Å². The predicted octanol–water partition coefficient (Wildman–Crippen LogP) is 3.37. The van der Waals surface area contributed by atoms with Gasteiger partial charge in [0.2, 0.25) is 0 Å². The molecule has 5 aromatic rings. The zero-order valence-electron chi connectivity index (χ0n) is 19.2. The minimum atomic E-state index is -0.495. The number of nitrogens with one attached hydrogen (secondary N) is 2. The van der Waals surface area contributed by atoms with E-state index in [9.17, 15) is 14.4 Å². The number of aromatic amines is 1. The summed E-state index contributed by atoms with van der Waals surface area (Å²) in [5.41, 5.74) is 3.33. The van der Waals surface area contributed by atoms with Crippen LogP contribution in [0.4, 0.5) is 5.00 Å². The molecule has 4 heterocycles. The molecule has 1 aromatic carbocycles. The zero-order valence-corrected chi connectivity index (χ0v) is 20.0. The smallest absolute Gasteiger partial charge is 0.332 e. The fourth-order valence-electron chi connectivity index (χ4n) is 4.72. The lowest BCUT2D eigenvalue weighted by Crippen LogP contribution is -2.37. The van der Waals surface area contributed by atoms with Crippen LogP contribution in [0.25, 0.3) is 33.5 Å². The molecule has 0 aliphatic heterocycles. The molecule has 0 bridgehead atoms. The molecular formula is C25H22N6O3S. The summed E-state index contributed by atoms with van der Waals surface area (Å²) >= 11 is 1.58. The Morgan fingerprint density at radius 1 is 1.03 bits per heavy atom. The van der Waals surface area contributed by atoms with Crippen molar-refractivity contribution >= 4 is 44.3 Å². The van der Waals surface area contributed by atoms with Gasteiger partial charge in [-0.15, -0.1) is 11.3 Å². The van der Waals surface area contributed by atoms with Gasteiger partial charge in [0.1, 0.15) is 22.2 Å². The summed E-state index contributed by atoms with van der Waals surface area (Å²) in [7, 11) is 2.95. The van der Waals surface area contributed by atoms with Gasteiger partial charge in [0, 0.05) is 19.0 Å².